The third kappa shape index (κ3) is 5.30. The number of anilines is 2. The molecule has 0 spiro atoms. The normalized spacial score (nSPS) is 14.9. The Morgan fingerprint density at radius 3 is 2.83 bits per heavy atom. The number of hydrogen-bond acceptors (Lipinski definition) is 6. The highest BCUT2D eigenvalue weighted by molar-refractivity contribution is 7.99. The van der Waals surface area contributed by atoms with E-state index in [4.69, 9.17) is 4.74 Å². The van der Waals surface area contributed by atoms with Gasteiger partial charge in [0.1, 0.15) is 5.75 Å². The molecule has 154 valence electrons. The number of nitrogens with one attached hydrogen (secondary N) is 2. The molecule has 1 atom stereocenters. The molecular weight excluding hydrogens is 412 g/mol. The molecule has 0 aliphatic carbocycles. The van der Waals surface area contributed by atoms with Crippen molar-refractivity contribution in [1.29, 1.82) is 0 Å². The van der Waals surface area contributed by atoms with Gasteiger partial charge in [-0.1, -0.05) is 13.0 Å². The van der Waals surface area contributed by atoms with Crippen molar-refractivity contribution in [3.63, 3.8) is 0 Å². The lowest BCUT2D eigenvalue weighted by molar-refractivity contribution is -0.119. The van der Waals surface area contributed by atoms with Gasteiger partial charge in [-0.2, -0.15) is 0 Å². The Morgan fingerprint density at radius 1 is 1.28 bits per heavy atom. The zero-order valence-corrected chi connectivity index (χ0v) is 17.7. The lowest BCUT2D eigenvalue weighted by Gasteiger charge is -2.14. The summed E-state index contributed by atoms with van der Waals surface area (Å²) in [5, 5.41) is 5.45. The molecule has 2 aromatic carbocycles. The first kappa shape index (κ1) is 21.2. The average Bonchev–Trinajstić information content (AvgIpc) is 2.87. The number of carbonyl (C=O) groups is 2. The van der Waals surface area contributed by atoms with E-state index in [0.717, 1.165) is 4.90 Å². The predicted octanol–water partition coefficient (Wildman–Crippen LogP) is 3.18. The zero-order chi connectivity index (χ0) is 21.0. The predicted molar refractivity (Wildman–Crippen MR) is 113 cm³/mol. The van der Waals surface area contributed by atoms with E-state index in [9.17, 15) is 18.0 Å². The van der Waals surface area contributed by atoms with Gasteiger partial charge in [0.15, 0.2) is 9.84 Å². The summed E-state index contributed by atoms with van der Waals surface area (Å²) in [4.78, 5) is 25.1. The van der Waals surface area contributed by atoms with Crippen LogP contribution in [0.25, 0.3) is 0 Å². The SMILES string of the molecule is COc1cccc(NC(=O)C(C)CS(=O)(=O)c2ccc3c(c2)NC(=O)CCS3)c1. The van der Waals surface area contributed by atoms with Crippen LogP contribution in [0.2, 0.25) is 0 Å². The molecule has 9 heteroatoms. The molecule has 1 aliphatic rings. The van der Waals surface area contributed by atoms with Crippen molar-refractivity contribution in [2.24, 2.45) is 5.92 Å². The van der Waals surface area contributed by atoms with E-state index in [-0.39, 0.29) is 16.6 Å². The summed E-state index contributed by atoms with van der Waals surface area (Å²) in [7, 11) is -2.19. The Balaban J connectivity index is 1.73. The van der Waals surface area contributed by atoms with Gasteiger partial charge < -0.3 is 15.4 Å². The van der Waals surface area contributed by atoms with E-state index >= 15 is 0 Å². The van der Waals surface area contributed by atoms with Crippen molar-refractivity contribution in [3.05, 3.63) is 42.5 Å². The van der Waals surface area contributed by atoms with Gasteiger partial charge in [-0.05, 0) is 30.3 Å². The molecule has 7 nitrogen and oxygen atoms in total. The van der Waals surface area contributed by atoms with Crippen molar-refractivity contribution in [2.75, 3.05) is 29.2 Å². The third-order valence-electron chi connectivity index (χ3n) is 4.43. The largest absolute Gasteiger partial charge is 0.497 e. The standard InChI is InChI=1S/C20H22N2O5S2/c1-13(20(24)21-14-4-3-5-15(10-14)27-2)12-29(25,26)16-6-7-18-17(11-16)22-19(23)8-9-28-18/h3-7,10-11,13H,8-9,12H2,1-2H3,(H,21,24)(H,22,23). The van der Waals surface area contributed by atoms with Crippen molar-refractivity contribution in [2.45, 2.75) is 23.1 Å². The summed E-state index contributed by atoms with van der Waals surface area (Å²) in [6, 6.07) is 11.5. The molecule has 1 heterocycles. The van der Waals surface area contributed by atoms with Crippen LogP contribution in [0.5, 0.6) is 5.75 Å². The Morgan fingerprint density at radius 2 is 2.07 bits per heavy atom. The van der Waals surface area contributed by atoms with Crippen LogP contribution < -0.4 is 15.4 Å². The van der Waals surface area contributed by atoms with Gasteiger partial charge in [0, 0.05) is 34.7 Å². The van der Waals surface area contributed by atoms with Crippen molar-refractivity contribution < 1.29 is 22.7 Å². The van der Waals surface area contributed by atoms with E-state index < -0.39 is 21.7 Å². The fraction of sp³-hybridized carbons (Fsp3) is 0.300. The molecule has 0 saturated heterocycles. The number of sulfone groups is 1. The number of carbonyl (C=O) groups excluding carboxylic acids is 2. The maximum Gasteiger partial charge on any atom is 0.228 e. The summed E-state index contributed by atoms with van der Waals surface area (Å²) in [5.41, 5.74) is 1.02. The number of rotatable bonds is 6. The average molecular weight is 435 g/mol. The highest BCUT2D eigenvalue weighted by Gasteiger charge is 2.25. The van der Waals surface area contributed by atoms with E-state index in [1.165, 1.54) is 31.0 Å². The summed E-state index contributed by atoms with van der Waals surface area (Å²) in [5.74, 6) is -0.422. The number of benzene rings is 2. The number of amides is 2. The van der Waals surface area contributed by atoms with Gasteiger partial charge in [-0.3, -0.25) is 9.59 Å². The third-order valence-corrected chi connectivity index (χ3v) is 7.41. The highest BCUT2D eigenvalue weighted by Crippen LogP contribution is 2.33. The topological polar surface area (TPSA) is 102 Å². The second kappa shape index (κ2) is 8.87. The maximum absolute atomic E-state index is 12.8. The second-order valence-corrected chi connectivity index (χ2v) is 9.88. The van der Waals surface area contributed by atoms with Crippen LogP contribution in [-0.2, 0) is 19.4 Å². The van der Waals surface area contributed by atoms with E-state index in [1.807, 2.05) is 0 Å². The molecule has 2 amide bonds. The van der Waals surface area contributed by atoms with Crippen molar-refractivity contribution in [1.82, 2.24) is 0 Å². The lowest BCUT2D eigenvalue weighted by atomic mass is 10.2. The van der Waals surface area contributed by atoms with E-state index in [0.29, 0.717) is 29.3 Å². The Hall–Kier alpha value is -2.52. The number of hydrogen-bond donors (Lipinski definition) is 2. The minimum absolute atomic E-state index is 0.0834. The molecule has 0 aromatic heterocycles. The van der Waals surface area contributed by atoms with Crippen LogP contribution in [0, 0.1) is 5.92 Å². The van der Waals surface area contributed by atoms with Gasteiger partial charge in [-0.15, -0.1) is 11.8 Å². The molecule has 0 saturated carbocycles. The fourth-order valence-corrected chi connectivity index (χ4v) is 5.37. The Labute approximate surface area is 174 Å². The minimum atomic E-state index is -3.72. The van der Waals surface area contributed by atoms with Crippen LogP contribution in [0.4, 0.5) is 11.4 Å². The molecule has 0 radical (unpaired) electrons. The monoisotopic (exact) mass is 434 g/mol. The Bertz CT molecular complexity index is 1040. The van der Waals surface area contributed by atoms with Gasteiger partial charge in [-0.25, -0.2) is 8.42 Å². The summed E-state index contributed by atoms with van der Waals surface area (Å²) < 4.78 is 30.8. The molecular formula is C20H22N2O5S2. The van der Waals surface area contributed by atoms with Crippen LogP contribution in [-0.4, -0.2) is 38.8 Å². The van der Waals surface area contributed by atoms with Gasteiger partial charge in [0.25, 0.3) is 0 Å². The molecule has 2 N–H and O–H groups in total. The highest BCUT2D eigenvalue weighted by atomic mass is 32.2. The molecule has 0 bridgehead atoms. The first-order chi connectivity index (χ1) is 13.8. The lowest BCUT2D eigenvalue weighted by Crippen LogP contribution is -2.27. The summed E-state index contributed by atoms with van der Waals surface area (Å²) >= 11 is 1.50. The first-order valence-electron chi connectivity index (χ1n) is 9.03. The van der Waals surface area contributed by atoms with Crippen molar-refractivity contribution in [3.8, 4) is 5.75 Å². The van der Waals surface area contributed by atoms with Crippen LogP contribution >= 0.6 is 11.8 Å². The fourth-order valence-electron chi connectivity index (χ4n) is 2.86. The zero-order valence-electron chi connectivity index (χ0n) is 16.1. The quantitative estimate of drug-likeness (QED) is 0.724. The number of methoxy groups -OCH3 is 1. The molecule has 1 aliphatic heterocycles. The van der Waals surface area contributed by atoms with Gasteiger partial charge in [0.05, 0.1) is 23.4 Å². The molecule has 1 unspecified atom stereocenters. The molecule has 2 aromatic rings. The minimum Gasteiger partial charge on any atom is -0.497 e. The number of fused-ring (bicyclic) bond motifs is 1. The van der Waals surface area contributed by atoms with E-state index in [1.54, 1.807) is 37.3 Å². The molecule has 0 fully saturated rings. The molecule has 29 heavy (non-hydrogen) atoms. The van der Waals surface area contributed by atoms with Crippen molar-refractivity contribution >= 4 is 44.8 Å². The van der Waals surface area contributed by atoms with Gasteiger partial charge >= 0.3 is 0 Å². The van der Waals surface area contributed by atoms with Crippen LogP contribution in [0.3, 0.4) is 0 Å². The Kier molecular flexibility index (Phi) is 6.49. The number of thioether (sulfide) groups is 1. The number of ether oxygens (including phenoxy) is 1. The van der Waals surface area contributed by atoms with Crippen LogP contribution in [0.15, 0.2) is 52.3 Å². The maximum atomic E-state index is 12.8. The second-order valence-electron chi connectivity index (χ2n) is 6.71. The van der Waals surface area contributed by atoms with E-state index in [2.05, 4.69) is 10.6 Å². The summed E-state index contributed by atoms with van der Waals surface area (Å²) in [6.07, 6.45) is 0.378. The first-order valence-corrected chi connectivity index (χ1v) is 11.7. The smallest absolute Gasteiger partial charge is 0.228 e. The molecule has 3 rings (SSSR count). The summed E-state index contributed by atoms with van der Waals surface area (Å²) in [6.45, 7) is 1.56. The van der Waals surface area contributed by atoms with Crippen LogP contribution in [0.1, 0.15) is 13.3 Å². The van der Waals surface area contributed by atoms with Gasteiger partial charge in [0.2, 0.25) is 11.8 Å².